The third kappa shape index (κ3) is 5.81. The molecule has 0 saturated heterocycles. The van der Waals surface area contributed by atoms with Crippen LogP contribution in [0.4, 0.5) is 16.7 Å². The molecule has 3 rings (SSSR count). The Morgan fingerprint density at radius 3 is 2.67 bits per heavy atom. The first kappa shape index (κ1) is 24.1. The highest BCUT2D eigenvalue weighted by atomic mass is 32.2. The summed E-state index contributed by atoms with van der Waals surface area (Å²) in [5.74, 6) is -1.65. The zero-order chi connectivity index (χ0) is 24.0. The van der Waals surface area contributed by atoms with Gasteiger partial charge in [0.1, 0.15) is 22.6 Å². The average molecular weight is 492 g/mol. The van der Waals surface area contributed by atoms with Gasteiger partial charge in [0, 0.05) is 0 Å². The van der Waals surface area contributed by atoms with E-state index in [4.69, 9.17) is 19.6 Å². The number of anilines is 3. The van der Waals surface area contributed by atoms with Crippen molar-refractivity contribution >= 4 is 57.6 Å². The predicted molar refractivity (Wildman–Crippen MR) is 123 cm³/mol. The first-order valence-electron chi connectivity index (χ1n) is 9.60. The average Bonchev–Trinajstić information content (AvgIpc) is 3.36. The van der Waals surface area contributed by atoms with Crippen LogP contribution in [-0.2, 0) is 9.53 Å². The fraction of sp³-hybridized carbons (Fsp3) is 0.250. The normalized spacial score (nSPS) is 10.5. The molecule has 4 N–H and O–H groups in total. The molecule has 13 heteroatoms. The third-order valence-electron chi connectivity index (χ3n) is 4.14. The number of aromatic nitrogens is 2. The Morgan fingerprint density at radius 1 is 1.21 bits per heavy atom. The molecule has 0 aliphatic rings. The number of furan rings is 1. The number of rotatable bonds is 10. The van der Waals surface area contributed by atoms with Crippen molar-refractivity contribution in [3.63, 3.8) is 0 Å². The number of carbonyl (C=O) groups is 3. The molecule has 0 saturated carbocycles. The van der Waals surface area contributed by atoms with E-state index in [2.05, 4.69) is 20.8 Å². The number of aryl methyl sites for hydroxylation is 1. The summed E-state index contributed by atoms with van der Waals surface area (Å²) in [4.78, 5) is 36.5. The van der Waals surface area contributed by atoms with Crippen molar-refractivity contribution in [1.29, 1.82) is 0 Å². The molecule has 0 aliphatic heterocycles. The highest BCUT2D eigenvalue weighted by Crippen LogP contribution is 2.32. The number of ether oxygens (including phenoxy) is 2. The number of nitrogens with one attached hydrogen (secondary N) is 2. The predicted octanol–water partition coefficient (Wildman–Crippen LogP) is 3.20. The van der Waals surface area contributed by atoms with Crippen molar-refractivity contribution in [3.8, 4) is 5.75 Å². The minimum atomic E-state index is -0.922. The zero-order valence-corrected chi connectivity index (χ0v) is 19.6. The lowest BCUT2D eigenvalue weighted by Crippen LogP contribution is -2.21. The van der Waals surface area contributed by atoms with Crippen LogP contribution in [0.2, 0.25) is 0 Å². The van der Waals surface area contributed by atoms with E-state index in [9.17, 15) is 14.4 Å². The molecule has 2 aromatic heterocycles. The topological polar surface area (TPSA) is 159 Å². The van der Waals surface area contributed by atoms with Gasteiger partial charge < -0.3 is 24.9 Å². The molecule has 0 spiro atoms. The number of primary amides is 1. The largest absolute Gasteiger partial charge is 0.495 e. The Morgan fingerprint density at radius 2 is 1.97 bits per heavy atom. The van der Waals surface area contributed by atoms with Gasteiger partial charge in [-0.2, -0.15) is 0 Å². The first-order chi connectivity index (χ1) is 15.8. The third-order valence-corrected chi connectivity index (χ3v) is 6.12. The maximum absolute atomic E-state index is 12.4. The molecular weight excluding hydrogens is 470 g/mol. The summed E-state index contributed by atoms with van der Waals surface area (Å²) in [6.07, 6.45) is 0. The van der Waals surface area contributed by atoms with Crippen LogP contribution in [0.15, 0.2) is 33.0 Å². The van der Waals surface area contributed by atoms with E-state index in [1.54, 1.807) is 14.0 Å². The molecule has 2 heterocycles. The minimum Gasteiger partial charge on any atom is -0.495 e. The lowest BCUT2D eigenvalue weighted by molar-refractivity contribution is -0.113. The van der Waals surface area contributed by atoms with Crippen LogP contribution < -0.4 is 21.1 Å². The molecule has 174 valence electrons. The van der Waals surface area contributed by atoms with E-state index in [1.807, 2.05) is 24.3 Å². The van der Waals surface area contributed by atoms with E-state index < -0.39 is 17.8 Å². The molecule has 0 fully saturated rings. The summed E-state index contributed by atoms with van der Waals surface area (Å²) < 4.78 is 16.2. The molecular formula is C20H21N5O6S2. The second-order valence-electron chi connectivity index (χ2n) is 6.36. The fourth-order valence-electron chi connectivity index (χ4n) is 2.79. The van der Waals surface area contributed by atoms with Crippen molar-refractivity contribution in [2.24, 2.45) is 5.73 Å². The molecule has 0 bridgehead atoms. The monoisotopic (exact) mass is 491 g/mol. The summed E-state index contributed by atoms with van der Waals surface area (Å²) in [6, 6.07) is 7.36. The van der Waals surface area contributed by atoms with Gasteiger partial charge in [0.05, 0.1) is 25.2 Å². The SMILES string of the molecule is CCOC(=O)c1c(C)oc(NC(=O)CSc2nnc(Nc3ccccc3OC)s2)c1C(N)=O. The quantitative estimate of drug-likeness (QED) is 0.284. The van der Waals surface area contributed by atoms with Gasteiger partial charge in [-0.1, -0.05) is 35.2 Å². The number of para-hydroxylation sites is 2. The number of benzene rings is 1. The van der Waals surface area contributed by atoms with Crippen LogP contribution in [-0.4, -0.2) is 47.5 Å². The zero-order valence-electron chi connectivity index (χ0n) is 18.0. The second-order valence-corrected chi connectivity index (χ2v) is 8.56. The van der Waals surface area contributed by atoms with Crippen LogP contribution in [0.3, 0.4) is 0 Å². The Hall–Kier alpha value is -3.58. The lowest BCUT2D eigenvalue weighted by atomic mass is 10.1. The lowest BCUT2D eigenvalue weighted by Gasteiger charge is -2.07. The fourth-order valence-corrected chi connectivity index (χ4v) is 4.35. The van der Waals surface area contributed by atoms with E-state index >= 15 is 0 Å². The summed E-state index contributed by atoms with van der Waals surface area (Å²) >= 11 is 2.40. The van der Waals surface area contributed by atoms with Gasteiger partial charge in [-0.05, 0) is 26.0 Å². The smallest absolute Gasteiger partial charge is 0.342 e. The number of carbonyl (C=O) groups excluding carboxylic acids is 3. The van der Waals surface area contributed by atoms with Crippen LogP contribution in [0.25, 0.3) is 0 Å². The van der Waals surface area contributed by atoms with E-state index in [0.717, 1.165) is 17.4 Å². The molecule has 0 unspecified atom stereocenters. The summed E-state index contributed by atoms with van der Waals surface area (Å²) in [6.45, 7) is 3.21. The number of methoxy groups -OCH3 is 1. The molecule has 0 aliphatic carbocycles. The first-order valence-corrected chi connectivity index (χ1v) is 11.4. The van der Waals surface area contributed by atoms with Crippen LogP contribution in [0, 0.1) is 6.92 Å². The number of nitrogens with zero attached hydrogens (tertiary/aromatic N) is 2. The van der Waals surface area contributed by atoms with Gasteiger partial charge >= 0.3 is 5.97 Å². The Bertz CT molecular complexity index is 1180. The van der Waals surface area contributed by atoms with Crippen LogP contribution >= 0.6 is 23.1 Å². The standard InChI is InChI=1S/C20H21N5O6S2/c1-4-30-18(28)14-10(2)31-17(15(14)16(21)27)23-13(26)9-32-20-25-24-19(33-20)22-11-7-5-6-8-12(11)29-3/h5-8H,4,9H2,1-3H3,(H2,21,27)(H,22,24)(H,23,26). The minimum absolute atomic E-state index is 0.0457. The molecule has 2 amide bonds. The van der Waals surface area contributed by atoms with Gasteiger partial charge in [-0.25, -0.2) is 4.79 Å². The van der Waals surface area contributed by atoms with Crippen LogP contribution in [0.5, 0.6) is 5.75 Å². The van der Waals surface area contributed by atoms with Gasteiger partial charge in [-0.3, -0.25) is 14.9 Å². The van der Waals surface area contributed by atoms with Crippen molar-refractivity contribution < 1.29 is 28.3 Å². The van der Waals surface area contributed by atoms with Crippen molar-refractivity contribution in [2.75, 3.05) is 30.1 Å². The van der Waals surface area contributed by atoms with Crippen molar-refractivity contribution in [2.45, 2.75) is 18.2 Å². The highest BCUT2D eigenvalue weighted by molar-refractivity contribution is 8.01. The Labute approximate surface area is 197 Å². The summed E-state index contributed by atoms with van der Waals surface area (Å²) in [5.41, 5.74) is 5.79. The van der Waals surface area contributed by atoms with E-state index in [1.165, 1.54) is 18.3 Å². The molecule has 33 heavy (non-hydrogen) atoms. The van der Waals surface area contributed by atoms with Crippen molar-refractivity contribution in [3.05, 3.63) is 41.2 Å². The van der Waals surface area contributed by atoms with Gasteiger partial charge in [-0.15, -0.1) is 10.2 Å². The molecule has 1 aromatic carbocycles. The number of hydrogen-bond donors (Lipinski definition) is 3. The number of amides is 2. The van der Waals surface area contributed by atoms with Crippen molar-refractivity contribution in [1.82, 2.24) is 10.2 Å². The van der Waals surface area contributed by atoms with E-state index in [0.29, 0.717) is 15.2 Å². The number of hydrogen-bond acceptors (Lipinski definition) is 11. The molecule has 11 nitrogen and oxygen atoms in total. The molecule has 0 radical (unpaired) electrons. The van der Waals surface area contributed by atoms with Gasteiger partial charge in [0.15, 0.2) is 4.34 Å². The molecule has 3 aromatic rings. The number of nitrogens with two attached hydrogens (primary N) is 1. The summed E-state index contributed by atoms with van der Waals surface area (Å²) in [5, 5.41) is 14.2. The molecule has 0 atom stereocenters. The maximum atomic E-state index is 12.4. The highest BCUT2D eigenvalue weighted by Gasteiger charge is 2.29. The number of thioether (sulfide) groups is 1. The Balaban J connectivity index is 1.64. The maximum Gasteiger partial charge on any atom is 0.342 e. The second kappa shape index (κ2) is 10.8. The van der Waals surface area contributed by atoms with Gasteiger partial charge in [0.25, 0.3) is 5.91 Å². The summed E-state index contributed by atoms with van der Waals surface area (Å²) in [7, 11) is 1.57. The van der Waals surface area contributed by atoms with Crippen LogP contribution in [0.1, 0.15) is 33.4 Å². The van der Waals surface area contributed by atoms with Gasteiger partial charge in [0.2, 0.25) is 16.9 Å². The Kier molecular flexibility index (Phi) is 7.90. The van der Waals surface area contributed by atoms with E-state index in [-0.39, 0.29) is 35.1 Å². The number of esters is 1.